The van der Waals surface area contributed by atoms with Gasteiger partial charge in [-0.05, 0) is 90.9 Å². The van der Waals surface area contributed by atoms with E-state index in [1.165, 1.54) is 38.8 Å². The minimum atomic E-state index is 0.182. The van der Waals surface area contributed by atoms with Gasteiger partial charge in [-0.25, -0.2) is 0 Å². The van der Waals surface area contributed by atoms with Crippen molar-refractivity contribution in [3.05, 3.63) is 148 Å². The third kappa shape index (κ3) is 11.7. The van der Waals surface area contributed by atoms with E-state index in [-0.39, 0.29) is 5.28 Å². The number of hydrogen-bond acceptors (Lipinski definition) is 13. The van der Waals surface area contributed by atoms with Crippen LogP contribution in [0, 0.1) is 13.8 Å². The van der Waals surface area contributed by atoms with Gasteiger partial charge in [-0.2, -0.15) is 29.9 Å². The summed E-state index contributed by atoms with van der Waals surface area (Å²) in [5, 5.41) is 7.93. The average Bonchev–Trinajstić information content (AvgIpc) is 3.95. The Morgan fingerprint density at radius 2 is 1.22 bits per heavy atom. The lowest BCUT2D eigenvalue weighted by atomic mass is 10.1. The number of aromatic nitrogens is 7. The highest BCUT2D eigenvalue weighted by atomic mass is 35.5. The minimum Gasteiger partial charge on any atom is -0.378 e. The first-order valence-corrected chi connectivity index (χ1v) is 21.8. The van der Waals surface area contributed by atoms with Crippen molar-refractivity contribution in [3.63, 3.8) is 0 Å². The number of nitrogens with zero attached hydrogens (tertiary/aromatic N) is 8. The van der Waals surface area contributed by atoms with Crippen LogP contribution in [0.15, 0.2) is 109 Å². The van der Waals surface area contributed by atoms with Gasteiger partial charge in [0.25, 0.3) is 0 Å². The van der Waals surface area contributed by atoms with Crippen LogP contribution in [0.1, 0.15) is 33.6 Å². The Bertz CT molecular complexity index is 2610. The zero-order valence-corrected chi connectivity index (χ0v) is 36.5. The van der Waals surface area contributed by atoms with Crippen LogP contribution >= 0.6 is 11.6 Å². The molecule has 0 bridgehead atoms. The lowest BCUT2D eigenvalue weighted by molar-refractivity contribution is 0.122. The van der Waals surface area contributed by atoms with Crippen LogP contribution in [0.5, 0.6) is 0 Å². The number of H-pyrrole nitrogens is 1. The predicted octanol–water partition coefficient (Wildman–Crippen LogP) is 8.03. The Balaban J connectivity index is 0.000000146. The summed E-state index contributed by atoms with van der Waals surface area (Å²) in [5.41, 5.74) is 16.3. The van der Waals surface area contributed by atoms with Crippen molar-refractivity contribution in [3.8, 4) is 0 Å². The van der Waals surface area contributed by atoms with Crippen molar-refractivity contribution in [2.45, 2.75) is 33.1 Å². The number of para-hydroxylation sites is 1. The van der Waals surface area contributed by atoms with Gasteiger partial charge in [0, 0.05) is 67.6 Å². The number of morpholine rings is 2. The van der Waals surface area contributed by atoms with Crippen LogP contribution in [0.2, 0.25) is 5.28 Å². The van der Waals surface area contributed by atoms with E-state index in [1.54, 1.807) is 0 Å². The van der Waals surface area contributed by atoms with Gasteiger partial charge < -0.3 is 40.6 Å². The number of aromatic amines is 1. The summed E-state index contributed by atoms with van der Waals surface area (Å²) in [5.74, 6) is 3.10. The number of aryl methyl sites for hydroxylation is 4. The van der Waals surface area contributed by atoms with Crippen molar-refractivity contribution in [2.24, 2.45) is 5.73 Å². The third-order valence-electron chi connectivity index (χ3n) is 10.9. The van der Waals surface area contributed by atoms with Gasteiger partial charge in [0.05, 0.1) is 26.4 Å². The van der Waals surface area contributed by atoms with Crippen molar-refractivity contribution < 1.29 is 9.47 Å². The summed E-state index contributed by atoms with van der Waals surface area (Å²) in [7, 11) is 0. The molecule has 3 aromatic heterocycles. The maximum Gasteiger partial charge on any atom is 0.233 e. The van der Waals surface area contributed by atoms with Gasteiger partial charge >= 0.3 is 0 Å². The first kappa shape index (κ1) is 43.2. The number of allylic oxidation sites excluding steroid dienone is 1. The molecule has 63 heavy (non-hydrogen) atoms. The predicted molar refractivity (Wildman–Crippen MR) is 253 cm³/mol. The topological polar surface area (TPSA) is 168 Å². The first-order valence-electron chi connectivity index (χ1n) is 21.4. The highest BCUT2D eigenvalue weighted by Gasteiger charge is 2.19. The number of halogens is 1. The summed E-state index contributed by atoms with van der Waals surface area (Å²) < 4.78 is 10.8. The number of hydrogen-bond donors (Lipinski definition) is 4. The molecular weight excluding hydrogens is 812 g/mol. The summed E-state index contributed by atoms with van der Waals surface area (Å²) >= 11 is 6.00. The summed E-state index contributed by atoms with van der Waals surface area (Å²) in [6.45, 7) is 10.6. The van der Waals surface area contributed by atoms with Gasteiger partial charge in [-0.3, -0.25) is 0 Å². The normalized spacial score (nSPS) is 14.5. The molecule has 5 N–H and O–H groups in total. The smallest absolute Gasteiger partial charge is 0.233 e. The molecule has 14 nitrogen and oxygen atoms in total. The number of anilines is 6. The lowest BCUT2D eigenvalue weighted by Crippen LogP contribution is -2.37. The van der Waals surface area contributed by atoms with Crippen LogP contribution in [0.4, 0.5) is 35.2 Å². The molecule has 0 saturated carbocycles. The standard InChI is InChI=1S/C24H26N6O.C14H16ClN5O.C10H11N/c1-17-6-9-19(10-7-17)26-23-27-22(28-24(29-23)30-12-14-31-15-13-30)11-8-18-16-25-21-5-3-2-4-20(18)21;1-10-2-4-11(5-3-10)16-13-17-12(15)18-14(19-13)20-6-8-21-9-7-20;11-7-9-6-5-8-3-1-2-4-10(8)9/h2-7,9-10,16,25H,8,11-15H2,1H3,(H,26,27,28,29);2-5H,6-9H2,1H3,(H,16,17,18,19);1-4,6H,5,7,11H2. The van der Waals surface area contributed by atoms with Gasteiger partial charge in [-0.1, -0.05) is 83.9 Å². The van der Waals surface area contributed by atoms with Crippen LogP contribution in [0.25, 0.3) is 16.5 Å². The molecule has 2 saturated heterocycles. The molecule has 3 aliphatic rings. The summed E-state index contributed by atoms with van der Waals surface area (Å²) in [6, 6.07) is 33.0. The third-order valence-corrected chi connectivity index (χ3v) is 11.1. The Labute approximate surface area is 373 Å². The quantitative estimate of drug-likeness (QED) is 0.104. The number of rotatable bonds is 10. The largest absolute Gasteiger partial charge is 0.378 e. The molecule has 4 aromatic carbocycles. The molecule has 0 radical (unpaired) electrons. The van der Waals surface area contributed by atoms with E-state index in [1.807, 2.05) is 54.3 Å². The number of nitrogens with two attached hydrogens (primary N) is 1. The second-order valence-electron chi connectivity index (χ2n) is 15.4. The van der Waals surface area contributed by atoms with Gasteiger partial charge in [0.1, 0.15) is 5.82 Å². The van der Waals surface area contributed by atoms with E-state index in [0.29, 0.717) is 56.8 Å². The molecule has 0 atom stereocenters. The van der Waals surface area contributed by atoms with Crippen LogP contribution in [-0.4, -0.2) is 94.0 Å². The van der Waals surface area contributed by atoms with Crippen molar-refractivity contribution in [1.29, 1.82) is 0 Å². The molecule has 7 aromatic rings. The van der Waals surface area contributed by atoms with Gasteiger partial charge in [-0.15, -0.1) is 0 Å². The molecule has 1 aliphatic carbocycles. The van der Waals surface area contributed by atoms with E-state index in [4.69, 9.17) is 41.8 Å². The second kappa shape index (κ2) is 21.1. The molecule has 10 rings (SSSR count). The van der Waals surface area contributed by atoms with E-state index in [0.717, 1.165) is 68.2 Å². The fourth-order valence-corrected chi connectivity index (χ4v) is 7.60. The molecule has 0 amide bonds. The first-order chi connectivity index (χ1) is 30.9. The zero-order chi connectivity index (χ0) is 43.4. The molecule has 0 spiro atoms. The maximum atomic E-state index is 6.00. The fraction of sp³-hybridized carbons (Fsp3) is 0.292. The Morgan fingerprint density at radius 1 is 0.651 bits per heavy atom. The van der Waals surface area contributed by atoms with Crippen molar-refractivity contribution in [2.75, 3.05) is 79.6 Å². The van der Waals surface area contributed by atoms with E-state index < -0.39 is 0 Å². The van der Waals surface area contributed by atoms with Gasteiger partial charge in [0.15, 0.2) is 0 Å². The minimum absolute atomic E-state index is 0.182. The second-order valence-corrected chi connectivity index (χ2v) is 15.8. The number of benzene rings is 4. The summed E-state index contributed by atoms with van der Waals surface area (Å²) in [4.78, 5) is 34.5. The Morgan fingerprint density at radius 3 is 1.86 bits per heavy atom. The number of ether oxygens (including phenoxy) is 2. The lowest BCUT2D eigenvalue weighted by Gasteiger charge is -2.27. The summed E-state index contributed by atoms with van der Waals surface area (Å²) in [6.07, 6.45) is 6.96. The molecule has 15 heteroatoms. The number of nitrogens with one attached hydrogen (secondary N) is 3. The highest BCUT2D eigenvalue weighted by Crippen LogP contribution is 2.26. The van der Waals surface area contributed by atoms with Crippen molar-refractivity contribution in [1.82, 2.24) is 34.9 Å². The molecule has 0 unspecified atom stereocenters. The van der Waals surface area contributed by atoms with E-state index in [2.05, 4.69) is 109 Å². The number of fused-ring (bicyclic) bond motifs is 2. The highest BCUT2D eigenvalue weighted by molar-refractivity contribution is 6.28. The molecule has 2 aliphatic heterocycles. The molecule has 324 valence electrons. The maximum absolute atomic E-state index is 6.00. The Hall–Kier alpha value is -6.45. The molecule has 2 fully saturated rings. The van der Waals surface area contributed by atoms with E-state index in [9.17, 15) is 0 Å². The van der Waals surface area contributed by atoms with Crippen LogP contribution in [0.3, 0.4) is 0 Å². The monoisotopic (exact) mass is 864 g/mol. The zero-order valence-electron chi connectivity index (χ0n) is 35.7. The Kier molecular flexibility index (Phi) is 14.5. The van der Waals surface area contributed by atoms with Crippen LogP contribution in [-0.2, 0) is 28.7 Å². The fourth-order valence-electron chi connectivity index (χ4n) is 7.45. The molecular formula is C48H53ClN12O2. The SMILES string of the molecule is Cc1ccc(Nc2nc(CCc3c[nH]c4ccccc34)nc(N3CCOCC3)n2)cc1.Cc1ccc(Nc2nc(Cl)nc(N3CCOCC3)n2)cc1.NCC1=CCc2ccccc21. The van der Waals surface area contributed by atoms with Gasteiger partial charge in [0.2, 0.25) is 29.1 Å². The molecule has 5 heterocycles. The van der Waals surface area contributed by atoms with Crippen molar-refractivity contribution >= 4 is 63.2 Å². The van der Waals surface area contributed by atoms with E-state index >= 15 is 0 Å². The van der Waals surface area contributed by atoms with Crippen LogP contribution < -0.4 is 26.2 Å². The average molecular weight is 865 g/mol.